The van der Waals surface area contributed by atoms with Gasteiger partial charge in [0.25, 0.3) is 0 Å². The SMILES string of the molecule is CN1CCN(CC(O)C[O])CC1. The summed E-state index contributed by atoms with van der Waals surface area (Å²) in [4.78, 5) is 4.39. The van der Waals surface area contributed by atoms with E-state index in [1.165, 1.54) is 0 Å². The molecule has 0 saturated carbocycles. The maximum absolute atomic E-state index is 10.3. The minimum absolute atomic E-state index is 0.383. The third kappa shape index (κ3) is 3.06. The Bertz CT molecular complexity index is 124. The van der Waals surface area contributed by atoms with Gasteiger partial charge in [-0.15, -0.1) is 0 Å². The number of piperazine rings is 1. The van der Waals surface area contributed by atoms with Gasteiger partial charge in [-0.1, -0.05) is 0 Å². The van der Waals surface area contributed by atoms with Crippen molar-refractivity contribution in [1.29, 1.82) is 0 Å². The first-order valence-corrected chi connectivity index (χ1v) is 4.39. The van der Waals surface area contributed by atoms with Gasteiger partial charge < -0.3 is 10.0 Å². The lowest BCUT2D eigenvalue weighted by Crippen LogP contribution is -2.47. The van der Waals surface area contributed by atoms with E-state index in [4.69, 9.17) is 5.11 Å². The van der Waals surface area contributed by atoms with Gasteiger partial charge in [-0.25, -0.2) is 5.11 Å². The highest BCUT2D eigenvalue weighted by molar-refractivity contribution is 4.71. The van der Waals surface area contributed by atoms with Gasteiger partial charge in [0.05, 0.1) is 6.10 Å². The van der Waals surface area contributed by atoms with Gasteiger partial charge in [0.1, 0.15) is 6.61 Å². The van der Waals surface area contributed by atoms with Crippen LogP contribution in [0.2, 0.25) is 0 Å². The molecule has 1 rings (SSSR count). The van der Waals surface area contributed by atoms with E-state index >= 15 is 0 Å². The van der Waals surface area contributed by atoms with Crippen molar-refractivity contribution in [2.24, 2.45) is 0 Å². The summed E-state index contributed by atoms with van der Waals surface area (Å²) < 4.78 is 0. The molecule has 0 spiro atoms. The Kier molecular flexibility index (Phi) is 3.94. The van der Waals surface area contributed by atoms with E-state index in [1.807, 2.05) is 0 Å². The fraction of sp³-hybridized carbons (Fsp3) is 1.00. The van der Waals surface area contributed by atoms with Gasteiger partial charge in [0.15, 0.2) is 0 Å². The average Bonchev–Trinajstić information content (AvgIpc) is 2.09. The van der Waals surface area contributed by atoms with Crippen molar-refractivity contribution in [2.75, 3.05) is 46.4 Å². The molecule has 71 valence electrons. The van der Waals surface area contributed by atoms with Crippen LogP contribution in [0.3, 0.4) is 0 Å². The minimum Gasteiger partial charge on any atom is -0.389 e. The van der Waals surface area contributed by atoms with Crippen LogP contribution in [0.4, 0.5) is 0 Å². The fourth-order valence-electron chi connectivity index (χ4n) is 1.38. The van der Waals surface area contributed by atoms with Crippen molar-refractivity contribution in [3.05, 3.63) is 0 Å². The number of aliphatic hydroxyl groups excluding tert-OH is 1. The first-order chi connectivity index (χ1) is 5.72. The highest BCUT2D eigenvalue weighted by Gasteiger charge is 2.16. The Morgan fingerprint density at radius 1 is 1.33 bits per heavy atom. The maximum atomic E-state index is 10.3. The quantitative estimate of drug-likeness (QED) is 0.597. The third-order valence-electron chi connectivity index (χ3n) is 2.26. The van der Waals surface area contributed by atoms with Crippen LogP contribution in [0, 0.1) is 0 Å². The maximum Gasteiger partial charge on any atom is 0.109 e. The molecule has 1 fully saturated rings. The number of aliphatic hydroxyl groups is 1. The highest BCUT2D eigenvalue weighted by Crippen LogP contribution is 1.99. The van der Waals surface area contributed by atoms with Crippen molar-refractivity contribution < 1.29 is 10.2 Å². The monoisotopic (exact) mass is 173 g/mol. The van der Waals surface area contributed by atoms with Gasteiger partial charge in [0, 0.05) is 32.7 Å². The molecule has 0 aromatic rings. The summed E-state index contributed by atoms with van der Waals surface area (Å²) in [6, 6.07) is 0. The normalized spacial score (nSPS) is 24.2. The molecule has 0 bridgehead atoms. The molecule has 1 aliphatic heterocycles. The fourth-order valence-corrected chi connectivity index (χ4v) is 1.38. The second-order valence-corrected chi connectivity index (χ2v) is 3.42. The van der Waals surface area contributed by atoms with Crippen molar-refractivity contribution in [3.63, 3.8) is 0 Å². The van der Waals surface area contributed by atoms with Crippen molar-refractivity contribution in [2.45, 2.75) is 6.10 Å². The van der Waals surface area contributed by atoms with Crippen LogP contribution in [0.1, 0.15) is 0 Å². The van der Waals surface area contributed by atoms with E-state index in [0.717, 1.165) is 26.2 Å². The molecule has 1 heterocycles. The molecule has 4 nitrogen and oxygen atoms in total. The number of hydrogen-bond donors (Lipinski definition) is 1. The van der Waals surface area contributed by atoms with Gasteiger partial charge in [-0.3, -0.25) is 4.90 Å². The third-order valence-corrected chi connectivity index (χ3v) is 2.26. The summed E-state index contributed by atoms with van der Waals surface area (Å²) in [7, 11) is 2.08. The minimum atomic E-state index is -0.687. The van der Waals surface area contributed by atoms with Gasteiger partial charge in [0.2, 0.25) is 0 Å². The van der Waals surface area contributed by atoms with Gasteiger partial charge in [-0.05, 0) is 7.05 Å². The van der Waals surface area contributed by atoms with Gasteiger partial charge >= 0.3 is 0 Å². The number of β-amino-alcohol motifs (C(OH)–C–C–N with tert-alkyl or cyclic N) is 1. The summed E-state index contributed by atoms with van der Waals surface area (Å²) >= 11 is 0. The van der Waals surface area contributed by atoms with E-state index < -0.39 is 6.10 Å². The summed E-state index contributed by atoms with van der Waals surface area (Å²) in [5.41, 5.74) is 0. The molecule has 12 heavy (non-hydrogen) atoms. The first kappa shape index (κ1) is 9.92. The Labute approximate surface area is 73.4 Å². The summed E-state index contributed by atoms with van der Waals surface area (Å²) in [5, 5.41) is 19.4. The van der Waals surface area contributed by atoms with E-state index in [9.17, 15) is 5.11 Å². The Hall–Kier alpha value is -0.160. The van der Waals surface area contributed by atoms with Gasteiger partial charge in [-0.2, -0.15) is 0 Å². The summed E-state index contributed by atoms with van der Waals surface area (Å²) in [5.74, 6) is 0. The van der Waals surface area contributed by atoms with E-state index in [0.29, 0.717) is 6.54 Å². The molecule has 0 aromatic carbocycles. The van der Waals surface area contributed by atoms with Crippen LogP contribution in [-0.2, 0) is 5.11 Å². The van der Waals surface area contributed by atoms with Crippen LogP contribution in [0.25, 0.3) is 0 Å². The average molecular weight is 173 g/mol. The zero-order valence-corrected chi connectivity index (χ0v) is 7.57. The summed E-state index contributed by atoms with van der Waals surface area (Å²) in [6.45, 7) is 4.15. The predicted molar refractivity (Wildman–Crippen MR) is 45.5 cm³/mol. The van der Waals surface area contributed by atoms with Crippen LogP contribution in [-0.4, -0.2) is 67.4 Å². The molecule has 1 atom stereocenters. The molecule has 1 saturated heterocycles. The van der Waals surface area contributed by atoms with Crippen LogP contribution >= 0.6 is 0 Å². The van der Waals surface area contributed by atoms with Crippen LogP contribution in [0.5, 0.6) is 0 Å². The predicted octanol–water partition coefficient (Wildman–Crippen LogP) is -0.975. The smallest absolute Gasteiger partial charge is 0.109 e. The topological polar surface area (TPSA) is 46.6 Å². The first-order valence-electron chi connectivity index (χ1n) is 4.39. The Morgan fingerprint density at radius 3 is 2.42 bits per heavy atom. The lowest BCUT2D eigenvalue weighted by Gasteiger charge is -2.33. The second-order valence-electron chi connectivity index (χ2n) is 3.42. The number of rotatable bonds is 3. The Morgan fingerprint density at radius 2 is 1.92 bits per heavy atom. The second kappa shape index (κ2) is 4.77. The number of likely N-dealkylation sites (N-methyl/N-ethyl adjacent to an activating group) is 1. The molecule has 1 unspecified atom stereocenters. The highest BCUT2D eigenvalue weighted by atomic mass is 16.3. The van der Waals surface area contributed by atoms with Crippen molar-refractivity contribution in [3.8, 4) is 0 Å². The lowest BCUT2D eigenvalue weighted by atomic mass is 10.3. The molecule has 4 heteroatoms. The van der Waals surface area contributed by atoms with E-state index in [2.05, 4.69) is 16.8 Å². The molecule has 1 N–H and O–H groups in total. The van der Waals surface area contributed by atoms with E-state index in [-0.39, 0.29) is 6.61 Å². The zero-order chi connectivity index (χ0) is 8.97. The molecular weight excluding hydrogens is 156 g/mol. The molecule has 0 aromatic heterocycles. The van der Waals surface area contributed by atoms with Crippen molar-refractivity contribution >= 4 is 0 Å². The lowest BCUT2D eigenvalue weighted by molar-refractivity contribution is 0.0196. The molecule has 1 aliphatic rings. The summed E-state index contributed by atoms with van der Waals surface area (Å²) in [6.07, 6.45) is -0.687. The largest absolute Gasteiger partial charge is 0.389 e. The zero-order valence-electron chi connectivity index (χ0n) is 7.57. The molecule has 0 aliphatic carbocycles. The van der Waals surface area contributed by atoms with Crippen LogP contribution in [0.15, 0.2) is 0 Å². The standard InChI is InChI=1S/C8H17N2O2/c1-9-2-4-10(5-3-9)6-8(12)7-11/h8,12H,2-7H2,1H3. The molecule has 1 radical (unpaired) electrons. The van der Waals surface area contributed by atoms with Crippen molar-refractivity contribution in [1.82, 2.24) is 9.80 Å². The molecule has 0 amide bonds. The number of hydrogen-bond acceptors (Lipinski definition) is 3. The van der Waals surface area contributed by atoms with E-state index in [1.54, 1.807) is 0 Å². The number of nitrogens with zero attached hydrogens (tertiary/aromatic N) is 2. The van der Waals surface area contributed by atoms with Crippen LogP contribution < -0.4 is 0 Å². The molecular formula is C8H17N2O2. The Balaban J connectivity index is 2.17.